The highest BCUT2D eigenvalue weighted by Crippen LogP contribution is 2.30. The van der Waals surface area contributed by atoms with Crippen molar-refractivity contribution in [3.8, 4) is 0 Å². The molecule has 0 unspecified atom stereocenters. The van der Waals surface area contributed by atoms with Gasteiger partial charge in [0.25, 0.3) is 15.7 Å². The molecule has 11 heteroatoms. The average Bonchev–Trinajstić information content (AvgIpc) is 2.50. The summed E-state index contributed by atoms with van der Waals surface area (Å²) in [4.78, 5) is 20.7. The summed E-state index contributed by atoms with van der Waals surface area (Å²) in [7, 11) is -4.10. The maximum absolute atomic E-state index is 12.4. The Labute approximate surface area is 148 Å². The van der Waals surface area contributed by atoms with Crippen molar-refractivity contribution in [2.45, 2.75) is 11.8 Å². The molecule has 0 saturated carbocycles. The number of nitrogens with one attached hydrogen (secondary N) is 2. The number of nitrogens with two attached hydrogens (primary N) is 1. The molecule has 0 fully saturated rings. The summed E-state index contributed by atoms with van der Waals surface area (Å²) in [5.41, 5.74) is 5.32. The third-order valence-electron chi connectivity index (χ3n) is 3.20. The van der Waals surface area contributed by atoms with E-state index in [2.05, 4.69) is 10.0 Å². The molecule has 2 amide bonds. The quantitative estimate of drug-likeness (QED) is 0.536. The number of amides is 2. The van der Waals surface area contributed by atoms with Gasteiger partial charge < -0.3 is 11.1 Å². The van der Waals surface area contributed by atoms with Crippen LogP contribution in [0.25, 0.3) is 0 Å². The van der Waals surface area contributed by atoms with Crippen LogP contribution in [0.2, 0.25) is 5.02 Å². The van der Waals surface area contributed by atoms with Gasteiger partial charge in [-0.15, -0.1) is 0 Å². The van der Waals surface area contributed by atoms with Crippen molar-refractivity contribution in [1.29, 1.82) is 0 Å². The van der Waals surface area contributed by atoms with E-state index in [0.717, 1.165) is 12.1 Å². The molecule has 0 aromatic heterocycles. The maximum atomic E-state index is 12.4. The highest BCUT2D eigenvalue weighted by atomic mass is 35.5. The van der Waals surface area contributed by atoms with E-state index in [1.165, 1.54) is 31.2 Å². The van der Waals surface area contributed by atoms with Crippen LogP contribution in [0, 0.1) is 17.0 Å². The second-order valence-corrected chi connectivity index (χ2v) is 7.07. The number of nitrogens with zero attached hydrogens (tertiary/aromatic N) is 1. The molecule has 0 heterocycles. The molecule has 0 saturated heterocycles. The molecule has 0 spiro atoms. The molecule has 0 bridgehead atoms. The highest BCUT2D eigenvalue weighted by molar-refractivity contribution is 7.92. The minimum absolute atomic E-state index is 0.0319. The first-order chi connectivity index (χ1) is 11.6. The van der Waals surface area contributed by atoms with Gasteiger partial charge in [0.05, 0.1) is 14.8 Å². The fourth-order valence-corrected chi connectivity index (χ4v) is 3.35. The average molecular weight is 385 g/mol. The van der Waals surface area contributed by atoms with E-state index in [1.54, 1.807) is 0 Å². The number of benzene rings is 2. The molecule has 0 aliphatic heterocycles. The smallest absolute Gasteiger partial charge is 0.316 e. The Bertz CT molecular complexity index is 944. The van der Waals surface area contributed by atoms with Crippen LogP contribution >= 0.6 is 11.6 Å². The number of hydrogen-bond donors (Lipinski definition) is 3. The molecule has 4 N–H and O–H groups in total. The Morgan fingerprint density at radius 1 is 1.20 bits per heavy atom. The van der Waals surface area contributed by atoms with Crippen LogP contribution < -0.4 is 15.8 Å². The number of sulfonamides is 1. The second kappa shape index (κ2) is 6.95. The number of nitro groups is 1. The summed E-state index contributed by atoms with van der Waals surface area (Å²) in [6, 6.07) is 6.98. The van der Waals surface area contributed by atoms with Crippen LogP contribution in [0.4, 0.5) is 21.9 Å². The van der Waals surface area contributed by atoms with Crippen molar-refractivity contribution in [3.05, 3.63) is 57.1 Å². The Hall–Kier alpha value is -2.85. The van der Waals surface area contributed by atoms with Crippen LogP contribution in [0.15, 0.2) is 41.3 Å². The van der Waals surface area contributed by atoms with Crippen molar-refractivity contribution < 1.29 is 18.1 Å². The van der Waals surface area contributed by atoms with Crippen molar-refractivity contribution in [2.75, 3.05) is 10.0 Å². The van der Waals surface area contributed by atoms with Crippen LogP contribution in [-0.2, 0) is 10.0 Å². The molecule has 0 atom stereocenters. The van der Waals surface area contributed by atoms with Crippen molar-refractivity contribution in [2.24, 2.45) is 5.73 Å². The molecule has 9 nitrogen and oxygen atoms in total. The van der Waals surface area contributed by atoms with Crippen LogP contribution in [0.5, 0.6) is 0 Å². The standard InChI is InChI=1S/C14H13ClN4O5S/c1-8-12(15)6-11(7-13(8)19(21)22)25(23,24)18-10-4-2-9(3-5-10)17-14(16)20/h2-7,18H,1H3,(H3,16,17,20). The second-order valence-electron chi connectivity index (χ2n) is 4.98. The zero-order valence-electron chi connectivity index (χ0n) is 12.8. The van der Waals surface area contributed by atoms with Crippen LogP contribution in [-0.4, -0.2) is 19.4 Å². The number of primary amides is 1. The number of nitro benzene ring substituents is 1. The first kappa shape index (κ1) is 18.5. The number of carbonyl (C=O) groups is 1. The summed E-state index contributed by atoms with van der Waals surface area (Å²) in [5, 5.41) is 13.3. The third kappa shape index (κ3) is 4.37. The lowest BCUT2D eigenvalue weighted by Crippen LogP contribution is -2.19. The predicted octanol–water partition coefficient (Wildman–Crippen LogP) is 2.85. The number of rotatable bonds is 5. The normalized spacial score (nSPS) is 11.0. The van der Waals surface area contributed by atoms with Gasteiger partial charge in [-0.2, -0.15) is 0 Å². The van der Waals surface area contributed by atoms with Gasteiger partial charge in [0.2, 0.25) is 0 Å². The Morgan fingerprint density at radius 2 is 1.76 bits per heavy atom. The van der Waals surface area contributed by atoms with Crippen molar-refractivity contribution in [1.82, 2.24) is 0 Å². The molecule has 25 heavy (non-hydrogen) atoms. The van der Waals surface area contributed by atoms with E-state index in [9.17, 15) is 23.3 Å². The monoisotopic (exact) mass is 384 g/mol. The minimum Gasteiger partial charge on any atom is -0.351 e. The highest BCUT2D eigenvalue weighted by Gasteiger charge is 2.22. The van der Waals surface area contributed by atoms with E-state index < -0.39 is 26.7 Å². The number of halogens is 1. The number of urea groups is 1. The van der Waals surface area contributed by atoms with Gasteiger partial charge in [0.1, 0.15) is 0 Å². The van der Waals surface area contributed by atoms with E-state index in [4.69, 9.17) is 17.3 Å². The summed E-state index contributed by atoms with van der Waals surface area (Å²) in [5.74, 6) is 0. The van der Waals surface area contributed by atoms with Gasteiger partial charge in [-0.1, -0.05) is 11.6 Å². The summed E-state index contributed by atoms with van der Waals surface area (Å²) < 4.78 is 27.1. The Balaban J connectivity index is 2.33. The van der Waals surface area contributed by atoms with Gasteiger partial charge in [-0.05, 0) is 37.3 Å². The molecule has 0 radical (unpaired) electrons. The fraction of sp³-hybridized carbons (Fsp3) is 0.0714. The molecule has 0 aliphatic rings. The number of carbonyl (C=O) groups excluding carboxylic acids is 1. The Morgan fingerprint density at radius 3 is 2.28 bits per heavy atom. The lowest BCUT2D eigenvalue weighted by Gasteiger charge is -2.10. The minimum atomic E-state index is -4.10. The maximum Gasteiger partial charge on any atom is 0.316 e. The van der Waals surface area contributed by atoms with Crippen LogP contribution in [0.3, 0.4) is 0 Å². The van der Waals surface area contributed by atoms with Gasteiger partial charge in [-0.3, -0.25) is 14.8 Å². The summed E-state index contributed by atoms with van der Waals surface area (Å²) in [6.45, 7) is 1.43. The molecule has 2 aromatic rings. The topological polar surface area (TPSA) is 144 Å². The molecular formula is C14H13ClN4O5S. The van der Waals surface area contributed by atoms with Gasteiger partial charge >= 0.3 is 6.03 Å². The van der Waals surface area contributed by atoms with E-state index in [0.29, 0.717) is 5.69 Å². The SMILES string of the molecule is Cc1c(Cl)cc(S(=O)(=O)Nc2ccc(NC(N)=O)cc2)cc1[N+](=O)[O-]. The van der Waals surface area contributed by atoms with E-state index >= 15 is 0 Å². The van der Waals surface area contributed by atoms with Gasteiger partial charge in [-0.25, -0.2) is 13.2 Å². The predicted molar refractivity (Wildman–Crippen MR) is 93.3 cm³/mol. The zero-order chi connectivity index (χ0) is 18.8. The zero-order valence-corrected chi connectivity index (χ0v) is 14.4. The van der Waals surface area contributed by atoms with E-state index in [1.807, 2.05) is 0 Å². The first-order valence-electron chi connectivity index (χ1n) is 6.74. The van der Waals surface area contributed by atoms with Crippen LogP contribution in [0.1, 0.15) is 5.56 Å². The molecule has 2 aromatic carbocycles. The first-order valence-corrected chi connectivity index (χ1v) is 8.60. The van der Waals surface area contributed by atoms with E-state index in [-0.39, 0.29) is 21.2 Å². The Kier molecular flexibility index (Phi) is 5.14. The van der Waals surface area contributed by atoms with Gasteiger partial charge in [0, 0.05) is 23.0 Å². The lowest BCUT2D eigenvalue weighted by atomic mass is 10.2. The van der Waals surface area contributed by atoms with Crippen molar-refractivity contribution >= 4 is 44.7 Å². The van der Waals surface area contributed by atoms with Crippen molar-refractivity contribution in [3.63, 3.8) is 0 Å². The van der Waals surface area contributed by atoms with Gasteiger partial charge in [0.15, 0.2) is 0 Å². The molecule has 132 valence electrons. The molecule has 0 aliphatic carbocycles. The summed E-state index contributed by atoms with van der Waals surface area (Å²) in [6.07, 6.45) is 0. The molecule has 2 rings (SSSR count). The summed E-state index contributed by atoms with van der Waals surface area (Å²) >= 11 is 5.89. The number of hydrogen-bond acceptors (Lipinski definition) is 5. The third-order valence-corrected chi connectivity index (χ3v) is 4.96. The molecular weight excluding hydrogens is 372 g/mol. The lowest BCUT2D eigenvalue weighted by molar-refractivity contribution is -0.385. The largest absolute Gasteiger partial charge is 0.351 e. The number of anilines is 2. The fourth-order valence-electron chi connectivity index (χ4n) is 1.96.